The fraction of sp³-hybridized carbons (Fsp3) is 0.591. The van der Waals surface area contributed by atoms with Crippen molar-refractivity contribution in [3.8, 4) is 0 Å². The summed E-state index contributed by atoms with van der Waals surface area (Å²) in [7, 11) is 0. The Morgan fingerprint density at radius 3 is 2.57 bits per heavy atom. The Balaban J connectivity index is 1.26. The lowest BCUT2D eigenvalue weighted by atomic mass is 10.2. The maximum atomic E-state index is 5.61. The summed E-state index contributed by atoms with van der Waals surface area (Å²) >= 11 is 0. The molecule has 0 amide bonds. The molecule has 0 bridgehead atoms. The largest absolute Gasteiger partial charge is 0.380 e. The van der Waals surface area contributed by atoms with Crippen molar-refractivity contribution in [3.63, 3.8) is 0 Å². The molecule has 1 aliphatic rings. The van der Waals surface area contributed by atoms with Gasteiger partial charge in [0.15, 0.2) is 0 Å². The molecule has 2 aromatic heterocycles. The molecule has 3 heterocycles. The van der Waals surface area contributed by atoms with E-state index < -0.39 is 0 Å². The van der Waals surface area contributed by atoms with E-state index in [1.54, 1.807) is 12.7 Å². The normalized spacial score (nSPS) is 15.9. The van der Waals surface area contributed by atoms with Gasteiger partial charge >= 0.3 is 0 Å². The van der Waals surface area contributed by atoms with Gasteiger partial charge in [0.25, 0.3) is 0 Å². The average Bonchev–Trinajstić information content (AvgIpc) is 3.41. The molecule has 30 heavy (non-hydrogen) atoms. The van der Waals surface area contributed by atoms with Gasteiger partial charge in [-0.15, -0.1) is 0 Å². The molecule has 1 saturated heterocycles. The first-order valence-corrected chi connectivity index (χ1v) is 11.1. The van der Waals surface area contributed by atoms with Gasteiger partial charge in [-0.25, -0.2) is 9.97 Å². The molecule has 8 nitrogen and oxygen atoms in total. The smallest absolute Gasteiger partial charge is 0.137 e. The maximum Gasteiger partial charge on any atom is 0.137 e. The molecule has 1 aliphatic heterocycles. The molecular formula is C22H33N7O. The van der Waals surface area contributed by atoms with Crippen LogP contribution in [0.15, 0.2) is 36.9 Å². The quantitative estimate of drug-likeness (QED) is 0.451. The van der Waals surface area contributed by atoms with Crippen LogP contribution in [0.1, 0.15) is 25.6 Å². The van der Waals surface area contributed by atoms with E-state index in [0.717, 1.165) is 83.3 Å². The van der Waals surface area contributed by atoms with E-state index in [1.165, 1.54) is 11.9 Å². The molecule has 0 spiro atoms. The molecule has 0 radical (unpaired) electrons. The Bertz CT molecular complexity index is 884. The highest BCUT2D eigenvalue weighted by atomic mass is 16.5. The van der Waals surface area contributed by atoms with Gasteiger partial charge in [0.2, 0.25) is 0 Å². The van der Waals surface area contributed by atoms with Gasteiger partial charge < -0.3 is 14.2 Å². The predicted octanol–water partition coefficient (Wildman–Crippen LogP) is 2.26. The minimum atomic E-state index is 0.728. The van der Waals surface area contributed by atoms with Crippen molar-refractivity contribution in [1.82, 2.24) is 34.1 Å². The number of para-hydroxylation sites is 2. The van der Waals surface area contributed by atoms with Crippen LogP contribution in [0.25, 0.3) is 11.0 Å². The van der Waals surface area contributed by atoms with Crippen molar-refractivity contribution in [2.24, 2.45) is 0 Å². The molecular weight excluding hydrogens is 378 g/mol. The van der Waals surface area contributed by atoms with Crippen molar-refractivity contribution < 1.29 is 4.74 Å². The summed E-state index contributed by atoms with van der Waals surface area (Å²) in [6, 6.07) is 8.42. The monoisotopic (exact) mass is 411 g/mol. The molecule has 0 atom stereocenters. The lowest BCUT2D eigenvalue weighted by molar-refractivity contribution is 0.119. The maximum absolute atomic E-state index is 5.61. The van der Waals surface area contributed by atoms with Crippen LogP contribution in [-0.4, -0.2) is 80.1 Å². The lowest BCUT2D eigenvalue weighted by Gasteiger charge is -2.34. The highest BCUT2D eigenvalue weighted by Crippen LogP contribution is 2.18. The zero-order valence-electron chi connectivity index (χ0n) is 18.0. The van der Waals surface area contributed by atoms with Gasteiger partial charge in [-0.1, -0.05) is 12.1 Å². The fourth-order valence-corrected chi connectivity index (χ4v) is 4.12. The number of aromatic nitrogens is 5. The number of imidazole rings is 1. The highest BCUT2D eigenvalue weighted by Gasteiger charge is 2.19. The van der Waals surface area contributed by atoms with Crippen LogP contribution < -0.4 is 0 Å². The molecule has 8 heteroatoms. The second-order valence-electron chi connectivity index (χ2n) is 7.85. The fourth-order valence-electron chi connectivity index (χ4n) is 4.12. The second-order valence-corrected chi connectivity index (χ2v) is 7.85. The Kier molecular flexibility index (Phi) is 7.44. The second kappa shape index (κ2) is 10.7. The van der Waals surface area contributed by atoms with Crippen LogP contribution in [0, 0.1) is 0 Å². The van der Waals surface area contributed by atoms with Crippen molar-refractivity contribution in [2.45, 2.75) is 39.4 Å². The summed E-state index contributed by atoms with van der Waals surface area (Å²) in [5, 5.41) is 4.17. The minimum Gasteiger partial charge on any atom is -0.380 e. The van der Waals surface area contributed by atoms with Crippen molar-refractivity contribution in [3.05, 3.63) is 42.7 Å². The Labute approximate surface area is 178 Å². The van der Waals surface area contributed by atoms with Crippen molar-refractivity contribution in [2.75, 3.05) is 45.9 Å². The van der Waals surface area contributed by atoms with Crippen LogP contribution >= 0.6 is 0 Å². The number of aryl methyl sites for hydroxylation is 1. The van der Waals surface area contributed by atoms with Crippen molar-refractivity contribution in [1.29, 1.82) is 0 Å². The van der Waals surface area contributed by atoms with Gasteiger partial charge in [-0.3, -0.25) is 9.58 Å². The number of rotatable bonds is 11. The topological polar surface area (TPSA) is 64.2 Å². The molecule has 3 aromatic rings. The zero-order valence-corrected chi connectivity index (χ0v) is 18.0. The first-order chi connectivity index (χ1) is 14.8. The summed E-state index contributed by atoms with van der Waals surface area (Å²) in [5.74, 6) is 1.15. The van der Waals surface area contributed by atoms with Crippen LogP contribution in [0.5, 0.6) is 0 Å². The number of ether oxygens (including phenoxy) is 1. The van der Waals surface area contributed by atoms with Crippen molar-refractivity contribution >= 4 is 11.0 Å². The van der Waals surface area contributed by atoms with Gasteiger partial charge in [-0.2, -0.15) is 5.10 Å². The average molecular weight is 412 g/mol. The third kappa shape index (κ3) is 5.44. The summed E-state index contributed by atoms with van der Waals surface area (Å²) in [4.78, 5) is 14.0. The molecule has 0 N–H and O–H groups in total. The van der Waals surface area contributed by atoms with Crippen LogP contribution in [0.3, 0.4) is 0 Å². The number of piperazine rings is 1. The first kappa shape index (κ1) is 21.0. The van der Waals surface area contributed by atoms with E-state index in [9.17, 15) is 0 Å². The van der Waals surface area contributed by atoms with E-state index in [2.05, 4.69) is 48.7 Å². The molecule has 1 aromatic carbocycles. The third-order valence-electron chi connectivity index (χ3n) is 5.81. The number of benzene rings is 1. The van der Waals surface area contributed by atoms with E-state index >= 15 is 0 Å². The number of hydrogen-bond donors (Lipinski definition) is 0. The summed E-state index contributed by atoms with van der Waals surface area (Å²) in [6.45, 7) is 11.8. The number of hydrogen-bond acceptors (Lipinski definition) is 6. The first-order valence-electron chi connectivity index (χ1n) is 11.1. The van der Waals surface area contributed by atoms with Gasteiger partial charge in [-0.05, 0) is 38.4 Å². The summed E-state index contributed by atoms with van der Waals surface area (Å²) in [6.07, 6.45) is 5.74. The van der Waals surface area contributed by atoms with Gasteiger partial charge in [0.1, 0.15) is 18.5 Å². The third-order valence-corrected chi connectivity index (χ3v) is 5.81. The van der Waals surface area contributed by atoms with E-state index in [1.807, 2.05) is 11.6 Å². The Morgan fingerprint density at radius 2 is 1.77 bits per heavy atom. The number of nitrogens with zero attached hydrogens (tertiary/aromatic N) is 7. The molecule has 4 rings (SSSR count). The van der Waals surface area contributed by atoms with E-state index in [-0.39, 0.29) is 0 Å². The highest BCUT2D eigenvalue weighted by molar-refractivity contribution is 5.75. The molecule has 162 valence electrons. The Morgan fingerprint density at radius 1 is 0.967 bits per heavy atom. The Hall–Kier alpha value is -2.29. The summed E-state index contributed by atoms with van der Waals surface area (Å²) < 4.78 is 9.85. The van der Waals surface area contributed by atoms with Gasteiger partial charge in [0.05, 0.1) is 24.2 Å². The minimum absolute atomic E-state index is 0.728. The van der Waals surface area contributed by atoms with Gasteiger partial charge in [0, 0.05) is 45.9 Å². The van der Waals surface area contributed by atoms with Crippen LogP contribution in [-0.2, 0) is 24.4 Å². The SMILES string of the molecule is CCOCCn1c(CN2CCN(CCCCn3cncn3)CC2)nc2ccccc21. The standard InChI is InChI=1S/C22H33N7O/c1-2-30-16-15-29-21-8-4-3-7-20(21)25-22(29)17-27-13-11-26(12-14-27)9-5-6-10-28-19-23-18-24-28/h3-4,7-8,18-19H,2,5-6,9-17H2,1H3. The predicted molar refractivity (Wildman–Crippen MR) is 117 cm³/mol. The van der Waals surface area contributed by atoms with E-state index in [0.29, 0.717) is 0 Å². The molecule has 0 saturated carbocycles. The lowest BCUT2D eigenvalue weighted by Crippen LogP contribution is -2.46. The van der Waals surface area contributed by atoms with Crippen LogP contribution in [0.4, 0.5) is 0 Å². The molecule has 1 fully saturated rings. The number of fused-ring (bicyclic) bond motifs is 1. The van der Waals surface area contributed by atoms with Crippen LogP contribution in [0.2, 0.25) is 0 Å². The zero-order chi connectivity index (χ0) is 20.6. The molecule has 0 unspecified atom stereocenters. The van der Waals surface area contributed by atoms with E-state index in [4.69, 9.17) is 9.72 Å². The summed E-state index contributed by atoms with van der Waals surface area (Å²) in [5.41, 5.74) is 2.29. The number of unbranched alkanes of at least 4 members (excludes halogenated alkanes) is 1. The molecule has 0 aliphatic carbocycles.